The van der Waals surface area contributed by atoms with Crippen LogP contribution in [0.1, 0.15) is 41.3 Å². The number of rotatable bonds is 6. The Bertz CT molecular complexity index is 548. The van der Waals surface area contributed by atoms with Crippen molar-refractivity contribution in [2.24, 2.45) is 5.92 Å². The van der Waals surface area contributed by atoms with Crippen molar-refractivity contribution >= 4 is 27.3 Å². The van der Waals surface area contributed by atoms with E-state index in [9.17, 15) is 13.2 Å². The van der Waals surface area contributed by atoms with Gasteiger partial charge in [-0.1, -0.05) is 0 Å². The predicted molar refractivity (Wildman–Crippen MR) is 67.1 cm³/mol. The van der Waals surface area contributed by atoms with Crippen LogP contribution >= 0.6 is 11.3 Å². The minimum Gasteiger partial charge on any atom is -0.476 e. The molecule has 0 radical (unpaired) electrons. The normalized spacial score (nSPS) is 17.6. The third-order valence-electron chi connectivity index (χ3n) is 2.62. The molecule has 1 unspecified atom stereocenters. The molecule has 2 rings (SSSR count). The molecule has 1 aromatic rings. The lowest BCUT2D eigenvalue weighted by Gasteiger charge is -2.11. The van der Waals surface area contributed by atoms with Gasteiger partial charge < -0.3 is 5.11 Å². The van der Waals surface area contributed by atoms with E-state index >= 15 is 0 Å². The maximum absolute atomic E-state index is 11.8. The van der Waals surface area contributed by atoms with Crippen LogP contribution in [-0.2, 0) is 10.0 Å². The van der Waals surface area contributed by atoms with Crippen LogP contribution in [0, 0.1) is 5.92 Å². The van der Waals surface area contributed by atoms with Crippen molar-refractivity contribution in [3.8, 4) is 0 Å². The van der Waals surface area contributed by atoms with Crippen LogP contribution in [0.25, 0.3) is 0 Å². The number of hydrogen-bond acceptors (Lipinski definition) is 5. The SMILES string of the molecule is CC(NS(=O)(=O)CC1CC1)c1nc(C(=O)O)cs1. The van der Waals surface area contributed by atoms with Crippen LogP contribution in [-0.4, -0.2) is 30.2 Å². The van der Waals surface area contributed by atoms with Crippen LogP contribution in [0.4, 0.5) is 0 Å². The second kappa shape index (κ2) is 4.94. The molecule has 0 spiro atoms. The van der Waals surface area contributed by atoms with Crippen molar-refractivity contribution < 1.29 is 18.3 Å². The standard InChI is InChI=1S/C10H14N2O4S2/c1-6(9-11-8(4-17-9)10(13)14)12-18(15,16)5-7-2-3-7/h4,6-7,12H,2-3,5H2,1H3,(H,13,14). The molecule has 1 atom stereocenters. The van der Waals surface area contributed by atoms with Crippen LogP contribution in [0.3, 0.4) is 0 Å². The maximum Gasteiger partial charge on any atom is 0.355 e. The molecule has 0 bridgehead atoms. The molecule has 1 fully saturated rings. The summed E-state index contributed by atoms with van der Waals surface area (Å²) in [6.07, 6.45) is 1.94. The number of carboxylic acid groups (broad SMARTS) is 1. The number of carboxylic acids is 1. The Balaban J connectivity index is 2.01. The number of nitrogens with one attached hydrogen (secondary N) is 1. The van der Waals surface area contributed by atoms with Gasteiger partial charge in [0.15, 0.2) is 5.69 Å². The number of aromatic nitrogens is 1. The molecule has 0 saturated heterocycles. The average Bonchev–Trinajstić information content (AvgIpc) is 2.91. The van der Waals surface area contributed by atoms with Gasteiger partial charge in [0.1, 0.15) is 5.01 Å². The van der Waals surface area contributed by atoms with Gasteiger partial charge in [-0.2, -0.15) is 0 Å². The fraction of sp³-hybridized carbons (Fsp3) is 0.600. The number of carbonyl (C=O) groups is 1. The largest absolute Gasteiger partial charge is 0.476 e. The Morgan fingerprint density at radius 1 is 1.67 bits per heavy atom. The lowest BCUT2D eigenvalue weighted by molar-refractivity contribution is 0.0691. The first kappa shape index (κ1) is 13.4. The highest BCUT2D eigenvalue weighted by molar-refractivity contribution is 7.89. The van der Waals surface area contributed by atoms with Gasteiger partial charge in [0.25, 0.3) is 0 Å². The average molecular weight is 290 g/mol. The summed E-state index contributed by atoms with van der Waals surface area (Å²) in [6, 6.07) is -0.494. The molecular formula is C10H14N2O4S2. The monoisotopic (exact) mass is 290 g/mol. The molecule has 1 aliphatic rings. The first-order valence-corrected chi connectivity index (χ1v) is 8.09. The third kappa shape index (κ3) is 3.50. The molecule has 0 amide bonds. The summed E-state index contributed by atoms with van der Waals surface area (Å²) in [5.74, 6) is -0.680. The zero-order valence-electron chi connectivity index (χ0n) is 9.79. The second-order valence-corrected chi connectivity index (χ2v) is 7.13. The number of hydrogen-bond donors (Lipinski definition) is 2. The van der Waals surface area contributed by atoms with Crippen molar-refractivity contribution in [2.45, 2.75) is 25.8 Å². The van der Waals surface area contributed by atoms with Gasteiger partial charge in [-0.25, -0.2) is 22.9 Å². The number of thiazole rings is 1. The molecule has 8 heteroatoms. The summed E-state index contributed by atoms with van der Waals surface area (Å²) in [6.45, 7) is 1.66. The van der Waals surface area contributed by atoms with E-state index in [2.05, 4.69) is 9.71 Å². The van der Waals surface area contributed by atoms with E-state index in [4.69, 9.17) is 5.11 Å². The van der Waals surface area contributed by atoms with E-state index in [-0.39, 0.29) is 17.4 Å². The highest BCUT2D eigenvalue weighted by atomic mass is 32.2. The zero-order valence-corrected chi connectivity index (χ0v) is 11.4. The minimum atomic E-state index is -3.31. The van der Waals surface area contributed by atoms with Gasteiger partial charge in [-0.05, 0) is 25.7 Å². The molecule has 0 aliphatic heterocycles. The Hall–Kier alpha value is -0.990. The van der Waals surface area contributed by atoms with E-state index in [0.717, 1.165) is 24.2 Å². The smallest absolute Gasteiger partial charge is 0.355 e. The highest BCUT2D eigenvalue weighted by Gasteiger charge is 2.29. The molecule has 100 valence electrons. The van der Waals surface area contributed by atoms with Crippen molar-refractivity contribution in [1.82, 2.24) is 9.71 Å². The molecule has 1 aliphatic carbocycles. The molecule has 2 N–H and O–H groups in total. The molecule has 0 aromatic carbocycles. The first-order chi connectivity index (χ1) is 8.37. The Labute approximate surface area is 109 Å². The zero-order chi connectivity index (χ0) is 13.3. The van der Waals surface area contributed by atoms with Gasteiger partial charge in [0.05, 0.1) is 11.8 Å². The van der Waals surface area contributed by atoms with Gasteiger partial charge in [-0.15, -0.1) is 11.3 Å². The van der Waals surface area contributed by atoms with Crippen LogP contribution in [0.5, 0.6) is 0 Å². The van der Waals surface area contributed by atoms with E-state index < -0.39 is 22.0 Å². The highest BCUT2D eigenvalue weighted by Crippen LogP contribution is 2.30. The van der Waals surface area contributed by atoms with E-state index in [1.807, 2.05) is 0 Å². The van der Waals surface area contributed by atoms with E-state index in [1.165, 1.54) is 5.38 Å². The van der Waals surface area contributed by atoms with Crippen LogP contribution < -0.4 is 4.72 Å². The van der Waals surface area contributed by atoms with E-state index in [1.54, 1.807) is 6.92 Å². The third-order valence-corrected chi connectivity index (χ3v) is 5.27. The summed E-state index contributed by atoms with van der Waals surface area (Å²) in [5.41, 5.74) is -0.0526. The van der Waals surface area contributed by atoms with Gasteiger partial charge in [-0.3, -0.25) is 0 Å². The predicted octanol–water partition coefficient (Wildman–Crippen LogP) is 1.23. The number of aromatic carboxylic acids is 1. The number of sulfonamides is 1. The fourth-order valence-electron chi connectivity index (χ4n) is 1.55. The van der Waals surface area contributed by atoms with Crippen LogP contribution in [0.15, 0.2) is 5.38 Å². The van der Waals surface area contributed by atoms with Crippen molar-refractivity contribution in [1.29, 1.82) is 0 Å². The van der Waals surface area contributed by atoms with Crippen LogP contribution in [0.2, 0.25) is 0 Å². The second-order valence-electron chi connectivity index (χ2n) is 4.44. The molecule has 1 saturated carbocycles. The minimum absolute atomic E-state index is 0.0526. The fourth-order valence-corrected chi connectivity index (χ4v) is 4.12. The number of nitrogens with zero attached hydrogens (tertiary/aromatic N) is 1. The van der Waals surface area contributed by atoms with Gasteiger partial charge in [0.2, 0.25) is 10.0 Å². The first-order valence-electron chi connectivity index (χ1n) is 5.56. The summed E-state index contributed by atoms with van der Waals surface area (Å²) >= 11 is 1.14. The van der Waals surface area contributed by atoms with E-state index in [0.29, 0.717) is 5.01 Å². The van der Waals surface area contributed by atoms with Gasteiger partial charge >= 0.3 is 5.97 Å². The maximum atomic E-state index is 11.8. The molecule has 6 nitrogen and oxygen atoms in total. The lowest BCUT2D eigenvalue weighted by Crippen LogP contribution is -2.29. The lowest BCUT2D eigenvalue weighted by atomic mass is 10.4. The molecule has 18 heavy (non-hydrogen) atoms. The Kier molecular flexibility index (Phi) is 3.69. The molecule has 1 aromatic heterocycles. The topological polar surface area (TPSA) is 96.4 Å². The Morgan fingerprint density at radius 3 is 2.83 bits per heavy atom. The quantitative estimate of drug-likeness (QED) is 0.821. The Morgan fingerprint density at radius 2 is 2.33 bits per heavy atom. The molecule has 1 heterocycles. The summed E-state index contributed by atoms with van der Waals surface area (Å²) < 4.78 is 26.0. The van der Waals surface area contributed by atoms with Crippen molar-refractivity contribution in [3.05, 3.63) is 16.1 Å². The summed E-state index contributed by atoms with van der Waals surface area (Å²) in [5, 5.41) is 10.6. The van der Waals surface area contributed by atoms with Crippen molar-refractivity contribution in [2.75, 3.05) is 5.75 Å². The summed E-state index contributed by atoms with van der Waals surface area (Å²) in [4.78, 5) is 14.6. The van der Waals surface area contributed by atoms with Gasteiger partial charge in [0, 0.05) is 5.38 Å². The molecular weight excluding hydrogens is 276 g/mol. The summed E-state index contributed by atoms with van der Waals surface area (Å²) in [7, 11) is -3.31. The van der Waals surface area contributed by atoms with Crippen molar-refractivity contribution in [3.63, 3.8) is 0 Å².